The van der Waals surface area contributed by atoms with E-state index >= 15 is 0 Å². The maximum absolute atomic E-state index is 12.4. The molecule has 0 radical (unpaired) electrons. The van der Waals surface area contributed by atoms with Crippen LogP contribution in [0.4, 0.5) is 4.79 Å². The number of hydrogen-bond acceptors (Lipinski definition) is 5. The molecule has 8 nitrogen and oxygen atoms in total. The van der Waals surface area contributed by atoms with Crippen LogP contribution in [0.1, 0.15) is 24.2 Å². The van der Waals surface area contributed by atoms with Crippen molar-refractivity contribution in [3.8, 4) is 0 Å². The van der Waals surface area contributed by atoms with Gasteiger partial charge in [0.25, 0.3) is 5.91 Å². The fraction of sp³-hybridized carbons (Fsp3) is 0.182. The molecule has 156 valence electrons. The minimum absolute atomic E-state index is 0.331. The Labute approximate surface area is 174 Å². The van der Waals surface area contributed by atoms with Crippen LogP contribution in [0.5, 0.6) is 0 Å². The number of carbonyl (C=O) groups excluding carboxylic acids is 4. The van der Waals surface area contributed by atoms with Gasteiger partial charge in [-0.15, -0.1) is 0 Å². The van der Waals surface area contributed by atoms with E-state index in [1.165, 1.54) is 6.08 Å². The summed E-state index contributed by atoms with van der Waals surface area (Å²) in [5, 5.41) is 6.95. The zero-order valence-corrected chi connectivity index (χ0v) is 16.5. The maximum atomic E-state index is 12.4. The van der Waals surface area contributed by atoms with Crippen molar-refractivity contribution in [3.63, 3.8) is 0 Å². The van der Waals surface area contributed by atoms with Gasteiger partial charge in [0.15, 0.2) is 0 Å². The maximum Gasteiger partial charge on any atom is 0.326 e. The molecule has 1 atom stereocenters. The molecule has 0 saturated heterocycles. The fourth-order valence-electron chi connectivity index (χ4n) is 2.41. The van der Waals surface area contributed by atoms with Crippen LogP contribution in [-0.2, 0) is 19.1 Å². The quantitative estimate of drug-likeness (QED) is 0.456. The van der Waals surface area contributed by atoms with Crippen molar-refractivity contribution in [2.24, 2.45) is 0 Å². The molecule has 0 aromatic heterocycles. The Kier molecular flexibility index (Phi) is 8.79. The van der Waals surface area contributed by atoms with Crippen molar-refractivity contribution in [1.82, 2.24) is 16.0 Å². The third kappa shape index (κ3) is 7.59. The summed E-state index contributed by atoms with van der Waals surface area (Å²) in [5.74, 6) is -2.11. The summed E-state index contributed by atoms with van der Waals surface area (Å²) in [7, 11) is 0. The molecule has 0 aliphatic heterocycles. The number of esters is 1. The number of ether oxygens (including phenoxy) is 1. The average Bonchev–Trinajstić information content (AvgIpc) is 2.76. The van der Waals surface area contributed by atoms with E-state index < -0.39 is 36.5 Å². The first kappa shape index (κ1) is 22.4. The summed E-state index contributed by atoms with van der Waals surface area (Å²) in [6.45, 7) is 1.60. The molecule has 2 aromatic carbocycles. The minimum atomic E-state index is -1.34. The van der Waals surface area contributed by atoms with Gasteiger partial charge in [-0.05, 0) is 18.6 Å². The molecular weight excluding hydrogens is 386 g/mol. The Hall–Kier alpha value is -3.94. The predicted octanol–water partition coefficient (Wildman–Crippen LogP) is 1.95. The molecule has 0 heterocycles. The minimum Gasteiger partial charge on any atom is -0.446 e. The van der Waals surface area contributed by atoms with Crippen LogP contribution in [0.15, 0.2) is 66.7 Å². The standard InChI is InChI=1S/C22H23N3O5/c1-2-23-22(29)25-21(28)20(17-11-7-4-8-12-17)30-19(27)15-24-18(26)14-13-16-9-5-3-6-10-16/h3-14,20H,2,15H2,1H3,(H,24,26)(H2,23,25,28,29)/b14-13+/t20-/m0/s1. The first-order valence-corrected chi connectivity index (χ1v) is 9.33. The zero-order valence-electron chi connectivity index (χ0n) is 16.5. The van der Waals surface area contributed by atoms with Crippen LogP contribution in [0, 0.1) is 0 Å². The lowest BCUT2D eigenvalue weighted by molar-refractivity contribution is -0.155. The molecule has 0 saturated carbocycles. The number of hydrogen-bond donors (Lipinski definition) is 3. The van der Waals surface area contributed by atoms with Crippen molar-refractivity contribution in [1.29, 1.82) is 0 Å². The molecule has 3 N–H and O–H groups in total. The number of benzene rings is 2. The van der Waals surface area contributed by atoms with Gasteiger partial charge >= 0.3 is 12.0 Å². The SMILES string of the molecule is CCNC(=O)NC(=O)[C@@H](OC(=O)CNC(=O)/C=C/c1ccccc1)c1ccccc1. The summed E-state index contributed by atoms with van der Waals surface area (Å²) in [4.78, 5) is 48.1. The molecule has 2 rings (SSSR count). The molecule has 30 heavy (non-hydrogen) atoms. The number of urea groups is 1. The zero-order chi connectivity index (χ0) is 21.8. The van der Waals surface area contributed by atoms with Crippen molar-refractivity contribution in [2.45, 2.75) is 13.0 Å². The average molecular weight is 409 g/mol. The summed E-state index contributed by atoms with van der Waals surface area (Å²) >= 11 is 0. The summed E-state index contributed by atoms with van der Waals surface area (Å²) in [6, 6.07) is 16.8. The van der Waals surface area contributed by atoms with Gasteiger partial charge in [0.2, 0.25) is 12.0 Å². The Morgan fingerprint density at radius 3 is 2.20 bits per heavy atom. The topological polar surface area (TPSA) is 114 Å². The summed E-state index contributed by atoms with van der Waals surface area (Å²) < 4.78 is 5.22. The van der Waals surface area contributed by atoms with Gasteiger partial charge in [-0.1, -0.05) is 60.7 Å². The molecule has 0 unspecified atom stereocenters. The summed E-state index contributed by atoms with van der Waals surface area (Å²) in [5.41, 5.74) is 1.23. The van der Waals surface area contributed by atoms with Crippen molar-refractivity contribution >= 4 is 29.9 Å². The smallest absolute Gasteiger partial charge is 0.326 e. The van der Waals surface area contributed by atoms with E-state index in [4.69, 9.17) is 4.74 Å². The predicted molar refractivity (Wildman–Crippen MR) is 111 cm³/mol. The number of amides is 4. The van der Waals surface area contributed by atoms with Crippen LogP contribution in [-0.4, -0.2) is 36.9 Å². The van der Waals surface area contributed by atoms with Gasteiger partial charge < -0.3 is 15.4 Å². The van der Waals surface area contributed by atoms with Crippen molar-refractivity contribution in [3.05, 3.63) is 77.9 Å². The molecule has 0 fully saturated rings. The fourth-order valence-corrected chi connectivity index (χ4v) is 2.41. The number of rotatable bonds is 8. The largest absolute Gasteiger partial charge is 0.446 e. The highest BCUT2D eigenvalue weighted by Gasteiger charge is 2.26. The Balaban J connectivity index is 1.95. The van der Waals surface area contributed by atoms with Gasteiger partial charge in [0.05, 0.1) is 0 Å². The second-order valence-electron chi connectivity index (χ2n) is 6.09. The highest BCUT2D eigenvalue weighted by molar-refractivity contribution is 5.98. The van der Waals surface area contributed by atoms with E-state index in [0.717, 1.165) is 5.56 Å². The van der Waals surface area contributed by atoms with Crippen LogP contribution in [0.3, 0.4) is 0 Å². The lowest BCUT2D eigenvalue weighted by atomic mass is 10.1. The van der Waals surface area contributed by atoms with Crippen LogP contribution in [0.2, 0.25) is 0 Å². The first-order chi connectivity index (χ1) is 14.5. The Bertz CT molecular complexity index is 898. The summed E-state index contributed by atoms with van der Waals surface area (Å²) in [6.07, 6.45) is 1.56. The molecule has 2 aromatic rings. The van der Waals surface area contributed by atoms with Crippen LogP contribution < -0.4 is 16.0 Å². The van der Waals surface area contributed by atoms with E-state index in [1.807, 2.05) is 30.3 Å². The van der Waals surface area contributed by atoms with E-state index in [0.29, 0.717) is 12.1 Å². The second kappa shape index (κ2) is 11.8. The normalized spacial score (nSPS) is 11.4. The molecule has 0 spiro atoms. The van der Waals surface area contributed by atoms with E-state index in [9.17, 15) is 19.2 Å². The van der Waals surface area contributed by atoms with Gasteiger partial charge in [-0.25, -0.2) is 4.79 Å². The van der Waals surface area contributed by atoms with E-state index in [-0.39, 0.29) is 0 Å². The molecule has 8 heteroatoms. The highest BCUT2D eigenvalue weighted by Crippen LogP contribution is 2.17. The first-order valence-electron chi connectivity index (χ1n) is 9.33. The van der Waals surface area contributed by atoms with Crippen molar-refractivity contribution in [2.75, 3.05) is 13.1 Å². The van der Waals surface area contributed by atoms with Gasteiger partial charge in [-0.3, -0.25) is 19.7 Å². The van der Waals surface area contributed by atoms with E-state index in [2.05, 4.69) is 16.0 Å². The number of nitrogens with one attached hydrogen (secondary N) is 3. The second-order valence-corrected chi connectivity index (χ2v) is 6.09. The monoisotopic (exact) mass is 409 g/mol. The third-order valence-electron chi connectivity index (χ3n) is 3.80. The molecule has 0 aliphatic rings. The van der Waals surface area contributed by atoms with E-state index in [1.54, 1.807) is 43.3 Å². The van der Waals surface area contributed by atoms with Crippen LogP contribution in [0.25, 0.3) is 6.08 Å². The third-order valence-corrected chi connectivity index (χ3v) is 3.80. The van der Waals surface area contributed by atoms with Gasteiger partial charge in [0, 0.05) is 18.2 Å². The molecule has 4 amide bonds. The van der Waals surface area contributed by atoms with Gasteiger partial charge in [-0.2, -0.15) is 0 Å². The van der Waals surface area contributed by atoms with Crippen LogP contribution >= 0.6 is 0 Å². The van der Waals surface area contributed by atoms with Gasteiger partial charge in [0.1, 0.15) is 6.54 Å². The number of carbonyl (C=O) groups is 4. The van der Waals surface area contributed by atoms with Crippen molar-refractivity contribution < 1.29 is 23.9 Å². The molecular formula is C22H23N3O5. The Morgan fingerprint density at radius 2 is 1.57 bits per heavy atom. The lowest BCUT2D eigenvalue weighted by Crippen LogP contribution is -2.43. The molecule has 0 aliphatic carbocycles. The molecule has 0 bridgehead atoms. The highest BCUT2D eigenvalue weighted by atomic mass is 16.5. The Morgan fingerprint density at radius 1 is 0.933 bits per heavy atom. The lowest BCUT2D eigenvalue weighted by Gasteiger charge is -2.17. The number of imide groups is 1.